The van der Waals surface area contributed by atoms with E-state index in [9.17, 15) is 18.8 Å². The molecule has 0 atom stereocenters. The van der Waals surface area contributed by atoms with Gasteiger partial charge in [-0.15, -0.1) is 0 Å². The lowest BCUT2D eigenvalue weighted by molar-refractivity contribution is -0.117. The van der Waals surface area contributed by atoms with Crippen LogP contribution in [0, 0.1) is 18.7 Å². The number of aryl methyl sites for hydroxylation is 2. The van der Waals surface area contributed by atoms with Crippen LogP contribution in [0.2, 0.25) is 0 Å². The molecular weight excluding hydrogens is 461 g/mol. The molecule has 1 fully saturated rings. The number of benzene rings is 2. The third-order valence-electron chi connectivity index (χ3n) is 6.95. The molecule has 2 amide bonds. The van der Waals surface area contributed by atoms with Crippen molar-refractivity contribution in [1.82, 2.24) is 14.8 Å². The van der Waals surface area contributed by atoms with Crippen LogP contribution in [0.25, 0.3) is 10.9 Å². The molecular formula is C28H32FN3O4. The van der Waals surface area contributed by atoms with E-state index < -0.39 is 11.7 Å². The van der Waals surface area contributed by atoms with Crippen LogP contribution in [0.1, 0.15) is 44.7 Å². The number of aromatic nitrogens is 1. The summed E-state index contributed by atoms with van der Waals surface area (Å²) in [6.07, 6.45) is 4.26. The lowest BCUT2D eigenvalue weighted by Crippen LogP contribution is -2.39. The number of rotatable bonds is 8. The van der Waals surface area contributed by atoms with E-state index in [2.05, 4.69) is 5.32 Å². The number of piperidine rings is 1. The van der Waals surface area contributed by atoms with Crippen LogP contribution in [0.15, 0.2) is 42.6 Å². The van der Waals surface area contributed by atoms with Gasteiger partial charge in [-0.2, -0.15) is 0 Å². The summed E-state index contributed by atoms with van der Waals surface area (Å²) in [6, 6.07) is 10.2. The van der Waals surface area contributed by atoms with Crippen molar-refractivity contribution in [3.8, 4) is 0 Å². The first-order chi connectivity index (χ1) is 17.3. The number of ketones is 1. The Morgan fingerprint density at radius 3 is 2.44 bits per heavy atom. The van der Waals surface area contributed by atoms with Crippen molar-refractivity contribution in [2.75, 3.05) is 33.4 Å². The van der Waals surface area contributed by atoms with Crippen molar-refractivity contribution in [2.45, 2.75) is 26.2 Å². The van der Waals surface area contributed by atoms with E-state index in [0.29, 0.717) is 36.6 Å². The van der Waals surface area contributed by atoms with Gasteiger partial charge in [0.1, 0.15) is 5.82 Å². The molecule has 4 rings (SSSR count). The van der Waals surface area contributed by atoms with Gasteiger partial charge < -0.3 is 19.5 Å². The normalized spacial score (nSPS) is 14.3. The first-order valence-electron chi connectivity index (χ1n) is 12.2. The molecule has 8 heteroatoms. The first kappa shape index (κ1) is 25.6. The molecule has 36 heavy (non-hydrogen) atoms. The molecule has 0 spiro atoms. The standard InChI is InChI=1S/C28H32FN3O4/c1-18-14-25-23(24(17-31(25)2)26(33)27(34)30-10-13-36-3)16-22(18)28(35)32-11-8-20(9-12-32)15-19-4-6-21(29)7-5-19/h4-7,14,16-17,20H,8-13,15H2,1-3H3,(H,30,34). The molecule has 0 radical (unpaired) electrons. The van der Waals surface area contributed by atoms with Crippen molar-refractivity contribution >= 4 is 28.5 Å². The summed E-state index contributed by atoms with van der Waals surface area (Å²) >= 11 is 0. The molecule has 190 valence electrons. The maximum Gasteiger partial charge on any atom is 0.292 e. The molecule has 0 unspecified atom stereocenters. The highest BCUT2D eigenvalue weighted by atomic mass is 19.1. The Kier molecular flexibility index (Phi) is 7.84. The van der Waals surface area contributed by atoms with Gasteiger partial charge in [-0.05, 0) is 67.5 Å². The number of fused-ring (bicyclic) bond motifs is 1. The minimum atomic E-state index is -0.698. The number of amides is 2. The van der Waals surface area contributed by atoms with E-state index in [1.165, 1.54) is 19.2 Å². The summed E-state index contributed by atoms with van der Waals surface area (Å²) in [7, 11) is 3.34. The van der Waals surface area contributed by atoms with Gasteiger partial charge >= 0.3 is 0 Å². The van der Waals surface area contributed by atoms with Gasteiger partial charge in [0.2, 0.25) is 0 Å². The minimum absolute atomic E-state index is 0.0681. The third kappa shape index (κ3) is 5.49. The highest BCUT2D eigenvalue weighted by Crippen LogP contribution is 2.28. The molecule has 1 aromatic heterocycles. The minimum Gasteiger partial charge on any atom is -0.383 e. The fourth-order valence-corrected chi connectivity index (χ4v) is 4.88. The number of halogens is 1. The van der Waals surface area contributed by atoms with Crippen molar-refractivity contribution in [3.05, 3.63) is 70.7 Å². The second-order valence-corrected chi connectivity index (χ2v) is 9.48. The summed E-state index contributed by atoms with van der Waals surface area (Å²) < 4.78 is 19.9. The van der Waals surface area contributed by atoms with Crippen LogP contribution in [0.5, 0.6) is 0 Å². The average Bonchev–Trinajstić information content (AvgIpc) is 3.19. The number of Topliss-reactive ketones (excluding diaryl/α,β-unsaturated/α-hetero) is 1. The molecule has 1 aliphatic heterocycles. The van der Waals surface area contributed by atoms with Gasteiger partial charge in [-0.25, -0.2) is 4.39 Å². The van der Waals surface area contributed by atoms with E-state index in [4.69, 9.17) is 4.74 Å². The molecule has 0 bridgehead atoms. The lowest BCUT2D eigenvalue weighted by atomic mass is 9.89. The Hall–Kier alpha value is -3.52. The number of likely N-dealkylation sites (tertiary alicyclic amines) is 1. The molecule has 1 saturated heterocycles. The predicted octanol–water partition coefficient (Wildman–Crippen LogP) is 3.67. The molecule has 3 aromatic rings. The zero-order valence-electron chi connectivity index (χ0n) is 21.0. The van der Waals surface area contributed by atoms with E-state index in [0.717, 1.165) is 35.9 Å². The Labute approximate surface area is 210 Å². The molecule has 1 N–H and O–H groups in total. The average molecular weight is 494 g/mol. The van der Waals surface area contributed by atoms with Gasteiger partial charge in [0, 0.05) is 56.5 Å². The Morgan fingerprint density at radius 2 is 1.78 bits per heavy atom. The Balaban J connectivity index is 1.49. The molecule has 0 saturated carbocycles. The summed E-state index contributed by atoms with van der Waals surface area (Å²) in [5, 5.41) is 3.15. The van der Waals surface area contributed by atoms with Gasteiger partial charge in [-0.3, -0.25) is 14.4 Å². The van der Waals surface area contributed by atoms with Crippen molar-refractivity contribution < 1.29 is 23.5 Å². The number of hydrogen-bond acceptors (Lipinski definition) is 4. The summed E-state index contributed by atoms with van der Waals surface area (Å²) in [5.74, 6) is -1.20. The van der Waals surface area contributed by atoms with Crippen LogP contribution in [0.3, 0.4) is 0 Å². The van der Waals surface area contributed by atoms with Gasteiger partial charge in [0.15, 0.2) is 0 Å². The van der Waals surface area contributed by atoms with Crippen LogP contribution in [-0.2, 0) is 23.0 Å². The van der Waals surface area contributed by atoms with Gasteiger partial charge in [0.05, 0.1) is 12.2 Å². The maximum atomic E-state index is 13.5. The molecule has 2 heterocycles. The summed E-state index contributed by atoms with van der Waals surface area (Å²) in [6.45, 7) is 3.73. The molecule has 1 aliphatic rings. The topological polar surface area (TPSA) is 80.6 Å². The zero-order chi connectivity index (χ0) is 25.8. The van der Waals surface area contributed by atoms with E-state index in [1.54, 1.807) is 16.8 Å². The summed E-state index contributed by atoms with van der Waals surface area (Å²) in [5.41, 5.74) is 3.53. The number of methoxy groups -OCH3 is 1. The highest BCUT2D eigenvalue weighted by Gasteiger charge is 2.27. The fraction of sp³-hybridized carbons (Fsp3) is 0.393. The number of ether oxygens (including phenoxy) is 1. The third-order valence-corrected chi connectivity index (χ3v) is 6.95. The number of hydrogen-bond donors (Lipinski definition) is 1. The van der Waals surface area contributed by atoms with Gasteiger partial charge in [-0.1, -0.05) is 12.1 Å². The molecule has 7 nitrogen and oxygen atoms in total. The number of carbonyl (C=O) groups excluding carboxylic acids is 3. The zero-order valence-corrected chi connectivity index (χ0v) is 21.0. The Bertz CT molecular complexity index is 1270. The first-order valence-corrected chi connectivity index (χ1v) is 12.2. The second kappa shape index (κ2) is 11.0. The van der Waals surface area contributed by atoms with Gasteiger partial charge in [0.25, 0.3) is 17.6 Å². The number of nitrogens with zero attached hydrogens (tertiary/aromatic N) is 2. The van der Waals surface area contributed by atoms with Crippen LogP contribution < -0.4 is 5.32 Å². The smallest absolute Gasteiger partial charge is 0.292 e. The van der Waals surface area contributed by atoms with Crippen LogP contribution >= 0.6 is 0 Å². The van der Waals surface area contributed by atoms with Crippen molar-refractivity contribution in [2.24, 2.45) is 13.0 Å². The van der Waals surface area contributed by atoms with E-state index >= 15 is 0 Å². The van der Waals surface area contributed by atoms with Crippen molar-refractivity contribution in [3.63, 3.8) is 0 Å². The number of nitrogens with one attached hydrogen (secondary N) is 1. The van der Waals surface area contributed by atoms with E-state index in [1.807, 2.05) is 37.1 Å². The van der Waals surface area contributed by atoms with E-state index in [-0.39, 0.29) is 23.8 Å². The quantitative estimate of drug-likeness (QED) is 0.295. The SMILES string of the molecule is COCCNC(=O)C(=O)c1cn(C)c2cc(C)c(C(=O)N3CCC(Cc4ccc(F)cc4)CC3)cc12. The number of carbonyl (C=O) groups is 3. The fourth-order valence-electron chi connectivity index (χ4n) is 4.88. The monoisotopic (exact) mass is 493 g/mol. The molecule has 2 aromatic carbocycles. The second-order valence-electron chi connectivity index (χ2n) is 9.48. The Morgan fingerprint density at radius 1 is 1.08 bits per heavy atom. The van der Waals surface area contributed by atoms with Crippen LogP contribution in [-0.4, -0.2) is 60.4 Å². The lowest BCUT2D eigenvalue weighted by Gasteiger charge is -2.32. The summed E-state index contributed by atoms with van der Waals surface area (Å²) in [4.78, 5) is 40.5. The highest BCUT2D eigenvalue weighted by molar-refractivity contribution is 6.45. The largest absolute Gasteiger partial charge is 0.383 e. The maximum absolute atomic E-state index is 13.5. The molecule has 0 aliphatic carbocycles. The van der Waals surface area contributed by atoms with Crippen molar-refractivity contribution in [1.29, 1.82) is 0 Å². The predicted molar refractivity (Wildman–Crippen MR) is 136 cm³/mol. The van der Waals surface area contributed by atoms with Crippen LogP contribution in [0.4, 0.5) is 4.39 Å².